The van der Waals surface area contributed by atoms with E-state index < -0.39 is 48.5 Å². The number of ether oxygens (including phenoxy) is 2. The largest absolute Gasteiger partial charge is 0.469 e. The van der Waals surface area contributed by atoms with E-state index in [0.717, 1.165) is 9.87 Å². The molecule has 0 aromatic heterocycles. The molecule has 2 aromatic carbocycles. The molecule has 3 unspecified atom stereocenters. The molecule has 13 heteroatoms. The topological polar surface area (TPSA) is 157 Å². The summed E-state index contributed by atoms with van der Waals surface area (Å²) in [5.41, 5.74) is 1.46. The second-order valence-corrected chi connectivity index (χ2v) is 14.3. The highest BCUT2D eigenvalue weighted by molar-refractivity contribution is 7.89. The maximum atomic E-state index is 13.9. The molecular weight excluding hydrogens is 597 g/mol. The Hall–Kier alpha value is -2.44. The maximum Gasteiger partial charge on any atom is 0.469 e. The molecule has 11 nitrogen and oxygen atoms in total. The normalized spacial score (nSPS) is 17.2. The minimum absolute atomic E-state index is 0.0258. The van der Waals surface area contributed by atoms with Crippen LogP contribution in [0.4, 0.5) is 0 Å². The number of hydrogen-bond donors (Lipinski definition) is 2. The van der Waals surface area contributed by atoms with Crippen LogP contribution in [-0.2, 0) is 51.0 Å². The number of phosphoric acid groups is 1. The summed E-state index contributed by atoms with van der Waals surface area (Å²) in [6.45, 7) is 5.75. The van der Waals surface area contributed by atoms with Gasteiger partial charge in [0.05, 0.1) is 30.6 Å². The van der Waals surface area contributed by atoms with Crippen molar-refractivity contribution in [3.63, 3.8) is 0 Å². The number of carbonyl (C=O) groups is 2. The zero-order valence-corrected chi connectivity index (χ0v) is 26.5. The molecule has 3 rings (SSSR count). The third kappa shape index (κ3) is 11.5. The van der Waals surface area contributed by atoms with E-state index in [1.165, 1.54) is 12.1 Å². The van der Waals surface area contributed by atoms with Crippen molar-refractivity contribution in [3.8, 4) is 0 Å². The van der Waals surface area contributed by atoms with Gasteiger partial charge in [-0.3, -0.25) is 14.1 Å². The number of carbonyl (C=O) groups excluding carboxylic acids is 2. The number of ketones is 1. The molecule has 1 saturated heterocycles. The Morgan fingerprint density at radius 1 is 1.05 bits per heavy atom. The summed E-state index contributed by atoms with van der Waals surface area (Å²) in [5, 5.41) is 0. The lowest BCUT2D eigenvalue weighted by Gasteiger charge is -2.33. The third-order valence-corrected chi connectivity index (χ3v) is 9.45. The summed E-state index contributed by atoms with van der Waals surface area (Å²) in [7, 11) is -9.28. The highest BCUT2D eigenvalue weighted by Gasteiger charge is 2.37. The Morgan fingerprint density at radius 3 is 2.28 bits per heavy atom. The van der Waals surface area contributed by atoms with E-state index in [4.69, 9.17) is 14.0 Å². The van der Waals surface area contributed by atoms with Gasteiger partial charge in [-0.1, -0.05) is 63.2 Å². The van der Waals surface area contributed by atoms with Gasteiger partial charge in [-0.15, -0.1) is 0 Å². The van der Waals surface area contributed by atoms with Crippen LogP contribution in [0.1, 0.15) is 51.2 Å². The Kier molecular flexibility index (Phi) is 13.1. The first-order valence-corrected chi connectivity index (χ1v) is 17.4. The van der Waals surface area contributed by atoms with Crippen molar-refractivity contribution in [1.82, 2.24) is 4.31 Å². The zero-order valence-electron chi connectivity index (χ0n) is 24.8. The van der Waals surface area contributed by atoms with Gasteiger partial charge >= 0.3 is 13.8 Å². The van der Waals surface area contributed by atoms with E-state index in [1.807, 2.05) is 32.0 Å². The van der Waals surface area contributed by atoms with Gasteiger partial charge in [0.2, 0.25) is 10.0 Å². The van der Waals surface area contributed by atoms with E-state index in [-0.39, 0.29) is 49.0 Å². The predicted molar refractivity (Wildman–Crippen MR) is 160 cm³/mol. The standard InChI is InChI=1S/C30H42NO10PS/c1-4-26(32)17-24-10-12-28(13-11-24)43(37,38)31(19-22(2)3)20-29(41-42(34,35)36)25(16-23-8-6-5-7-9-23)18-30(33)40-27-14-15-39-21-27/h5-13,22,25,27,29H,4,14-21H2,1-3H3,(H2,34,35,36). The van der Waals surface area contributed by atoms with Gasteiger partial charge in [-0.2, -0.15) is 4.31 Å². The van der Waals surface area contributed by atoms with Crippen LogP contribution in [0.2, 0.25) is 0 Å². The molecule has 0 radical (unpaired) electrons. The SMILES string of the molecule is CCC(=O)Cc1ccc(S(=O)(=O)N(CC(C)C)CC(OP(=O)(O)O)C(CC(=O)OC2CCOC2)Cc2ccccc2)cc1. The first kappa shape index (κ1) is 35.0. The van der Waals surface area contributed by atoms with Crippen LogP contribution >= 0.6 is 7.82 Å². The summed E-state index contributed by atoms with van der Waals surface area (Å²) < 4.78 is 57.2. The Balaban J connectivity index is 1.95. The lowest BCUT2D eigenvalue weighted by Crippen LogP contribution is -2.44. The Bertz CT molecular complexity index is 1340. The van der Waals surface area contributed by atoms with Crippen LogP contribution in [0.3, 0.4) is 0 Å². The van der Waals surface area contributed by atoms with Crippen LogP contribution in [0.5, 0.6) is 0 Å². The van der Waals surface area contributed by atoms with E-state index >= 15 is 0 Å². The molecule has 2 N–H and O–H groups in total. The van der Waals surface area contributed by atoms with E-state index in [0.29, 0.717) is 25.0 Å². The molecule has 0 bridgehead atoms. The fourth-order valence-electron chi connectivity index (χ4n) is 4.91. The molecule has 0 amide bonds. The first-order chi connectivity index (χ1) is 20.3. The fraction of sp³-hybridized carbons (Fsp3) is 0.533. The van der Waals surface area contributed by atoms with Gasteiger partial charge in [-0.25, -0.2) is 13.0 Å². The zero-order chi connectivity index (χ0) is 31.6. The van der Waals surface area contributed by atoms with Crippen LogP contribution in [-0.4, -0.2) is 72.8 Å². The second kappa shape index (κ2) is 16.0. The highest BCUT2D eigenvalue weighted by atomic mass is 32.2. The average Bonchev–Trinajstić information content (AvgIpc) is 3.44. The number of benzene rings is 2. The first-order valence-electron chi connectivity index (χ1n) is 14.4. The minimum atomic E-state index is -5.12. The number of phosphoric ester groups is 1. The van der Waals surface area contributed by atoms with E-state index in [1.54, 1.807) is 31.2 Å². The van der Waals surface area contributed by atoms with Gasteiger partial charge in [0.25, 0.3) is 0 Å². The smallest absolute Gasteiger partial charge is 0.460 e. The predicted octanol–water partition coefficient (Wildman–Crippen LogP) is 3.91. The quantitative estimate of drug-likeness (QED) is 0.192. The number of esters is 1. The molecule has 1 aliphatic rings. The molecule has 1 heterocycles. The molecular formula is C30H42NO10PS. The van der Waals surface area contributed by atoms with E-state index in [2.05, 4.69) is 0 Å². The van der Waals surface area contributed by atoms with Crippen molar-refractivity contribution in [2.45, 2.75) is 70.0 Å². The number of nitrogens with zero attached hydrogens (tertiary/aromatic N) is 1. The summed E-state index contributed by atoms with van der Waals surface area (Å²) in [4.78, 5) is 44.5. The molecule has 238 valence electrons. The summed E-state index contributed by atoms with van der Waals surface area (Å²) >= 11 is 0. The molecule has 0 aliphatic carbocycles. The van der Waals surface area contributed by atoms with Crippen molar-refractivity contribution < 1.29 is 46.4 Å². The van der Waals surface area contributed by atoms with Crippen LogP contribution < -0.4 is 0 Å². The Labute approximate surface area is 253 Å². The molecule has 2 aromatic rings. The summed E-state index contributed by atoms with van der Waals surface area (Å²) in [6.07, 6.45) is -0.750. The molecule has 1 fully saturated rings. The van der Waals surface area contributed by atoms with Crippen molar-refractivity contribution in [2.75, 3.05) is 26.3 Å². The monoisotopic (exact) mass is 639 g/mol. The molecule has 3 atom stereocenters. The lowest BCUT2D eigenvalue weighted by atomic mass is 9.90. The summed E-state index contributed by atoms with van der Waals surface area (Å²) in [5.74, 6) is -1.55. The lowest BCUT2D eigenvalue weighted by molar-refractivity contribution is -0.151. The second-order valence-electron chi connectivity index (χ2n) is 11.2. The highest BCUT2D eigenvalue weighted by Crippen LogP contribution is 2.41. The van der Waals surface area contributed by atoms with Gasteiger partial charge in [0.1, 0.15) is 11.9 Å². The molecule has 43 heavy (non-hydrogen) atoms. The van der Waals surface area contributed by atoms with Crippen LogP contribution in [0.25, 0.3) is 0 Å². The van der Waals surface area contributed by atoms with Crippen molar-refractivity contribution in [2.24, 2.45) is 11.8 Å². The number of hydrogen-bond acceptors (Lipinski definition) is 8. The number of sulfonamides is 1. The third-order valence-electron chi connectivity index (χ3n) is 7.06. The summed E-state index contributed by atoms with van der Waals surface area (Å²) in [6, 6.07) is 15.0. The van der Waals surface area contributed by atoms with Gasteiger partial charge in [0, 0.05) is 38.3 Å². The van der Waals surface area contributed by atoms with Gasteiger partial charge < -0.3 is 19.3 Å². The average molecular weight is 640 g/mol. The minimum Gasteiger partial charge on any atom is -0.460 e. The number of rotatable bonds is 17. The molecule has 1 aliphatic heterocycles. The van der Waals surface area contributed by atoms with Crippen molar-refractivity contribution in [1.29, 1.82) is 0 Å². The maximum absolute atomic E-state index is 13.9. The van der Waals surface area contributed by atoms with E-state index in [9.17, 15) is 32.4 Å². The molecule has 0 saturated carbocycles. The van der Waals surface area contributed by atoms with Crippen LogP contribution in [0, 0.1) is 11.8 Å². The number of Topliss-reactive ketones (excluding diaryl/α,β-unsaturated/α-hetero) is 1. The fourth-order valence-corrected chi connectivity index (χ4v) is 7.12. The van der Waals surface area contributed by atoms with Gasteiger partial charge in [0.15, 0.2) is 0 Å². The Morgan fingerprint density at radius 2 is 1.72 bits per heavy atom. The van der Waals surface area contributed by atoms with Crippen molar-refractivity contribution in [3.05, 3.63) is 65.7 Å². The van der Waals surface area contributed by atoms with Crippen LogP contribution in [0.15, 0.2) is 59.5 Å². The molecule has 0 spiro atoms. The van der Waals surface area contributed by atoms with Gasteiger partial charge in [-0.05, 0) is 35.6 Å². The van der Waals surface area contributed by atoms with Crippen molar-refractivity contribution >= 4 is 29.6 Å².